The molecular formula is C15H11Cl2NO. The summed E-state index contributed by atoms with van der Waals surface area (Å²) in [6, 6.07) is 14.9. The van der Waals surface area contributed by atoms with Crippen molar-refractivity contribution >= 4 is 23.2 Å². The molecule has 0 aliphatic rings. The molecule has 2 aromatic rings. The number of hydrogen-bond acceptors (Lipinski definition) is 2. The van der Waals surface area contributed by atoms with Crippen LogP contribution >= 0.6 is 23.2 Å². The molecule has 19 heavy (non-hydrogen) atoms. The summed E-state index contributed by atoms with van der Waals surface area (Å²) in [5, 5.41) is 9.77. The summed E-state index contributed by atoms with van der Waals surface area (Å²) in [5.74, 6) is 0.748. The van der Waals surface area contributed by atoms with Crippen molar-refractivity contribution in [3.63, 3.8) is 0 Å². The van der Waals surface area contributed by atoms with E-state index in [2.05, 4.69) is 6.07 Å². The number of hydrogen-bond donors (Lipinski definition) is 0. The zero-order valence-corrected chi connectivity index (χ0v) is 11.6. The summed E-state index contributed by atoms with van der Waals surface area (Å²) in [4.78, 5) is 0. The highest BCUT2D eigenvalue weighted by atomic mass is 35.5. The maximum absolute atomic E-state index is 8.59. The van der Waals surface area contributed by atoms with Crippen LogP contribution in [0.25, 0.3) is 0 Å². The Morgan fingerprint density at radius 1 is 0.947 bits per heavy atom. The molecule has 4 heteroatoms. The van der Waals surface area contributed by atoms with Gasteiger partial charge in [0.25, 0.3) is 0 Å². The molecule has 0 unspecified atom stereocenters. The fourth-order valence-electron chi connectivity index (χ4n) is 1.66. The van der Waals surface area contributed by atoms with E-state index in [1.807, 2.05) is 36.4 Å². The third kappa shape index (κ3) is 4.17. The topological polar surface area (TPSA) is 33.0 Å². The Bertz CT molecular complexity index is 582. The van der Waals surface area contributed by atoms with E-state index >= 15 is 0 Å². The highest BCUT2D eigenvalue weighted by molar-refractivity contribution is 6.34. The lowest BCUT2D eigenvalue weighted by Crippen LogP contribution is -1.95. The molecule has 2 nitrogen and oxygen atoms in total. The van der Waals surface area contributed by atoms with Crippen molar-refractivity contribution in [2.75, 3.05) is 0 Å². The van der Waals surface area contributed by atoms with Crippen molar-refractivity contribution in [2.45, 2.75) is 13.0 Å². The van der Waals surface area contributed by atoms with Crippen molar-refractivity contribution in [2.24, 2.45) is 0 Å². The molecule has 0 atom stereocenters. The van der Waals surface area contributed by atoms with Crippen molar-refractivity contribution in [3.05, 3.63) is 63.6 Å². The number of halogens is 2. The molecule has 0 aliphatic heterocycles. The summed E-state index contributed by atoms with van der Waals surface area (Å²) < 4.78 is 5.63. The van der Waals surface area contributed by atoms with E-state index in [0.717, 1.165) is 16.9 Å². The van der Waals surface area contributed by atoms with Crippen molar-refractivity contribution in [1.82, 2.24) is 0 Å². The molecule has 0 amide bonds. The summed E-state index contributed by atoms with van der Waals surface area (Å²) >= 11 is 11.8. The lowest BCUT2D eigenvalue weighted by atomic mass is 10.2. The van der Waals surface area contributed by atoms with Gasteiger partial charge in [-0.1, -0.05) is 35.3 Å². The maximum atomic E-state index is 8.59. The lowest BCUT2D eigenvalue weighted by molar-refractivity contribution is 0.306. The number of benzene rings is 2. The second kappa shape index (κ2) is 6.47. The molecule has 0 spiro atoms. The van der Waals surface area contributed by atoms with Gasteiger partial charge in [-0.25, -0.2) is 0 Å². The predicted molar refractivity (Wildman–Crippen MR) is 76.6 cm³/mol. The van der Waals surface area contributed by atoms with Gasteiger partial charge in [0.1, 0.15) is 12.4 Å². The van der Waals surface area contributed by atoms with Crippen LogP contribution in [0.1, 0.15) is 11.1 Å². The van der Waals surface area contributed by atoms with Gasteiger partial charge in [-0.2, -0.15) is 5.26 Å². The first-order valence-electron chi connectivity index (χ1n) is 5.71. The summed E-state index contributed by atoms with van der Waals surface area (Å²) in [6.07, 6.45) is 0.407. The van der Waals surface area contributed by atoms with Gasteiger partial charge in [0.15, 0.2) is 0 Å². The molecule has 0 saturated carbocycles. The molecule has 2 aromatic carbocycles. The van der Waals surface area contributed by atoms with E-state index in [4.69, 9.17) is 33.2 Å². The Hall–Kier alpha value is -1.69. The van der Waals surface area contributed by atoms with E-state index in [-0.39, 0.29) is 0 Å². The van der Waals surface area contributed by atoms with Crippen LogP contribution in [0.3, 0.4) is 0 Å². The largest absolute Gasteiger partial charge is 0.489 e. The van der Waals surface area contributed by atoms with E-state index in [1.165, 1.54) is 0 Å². The molecule has 0 radical (unpaired) electrons. The number of rotatable bonds is 4. The number of ether oxygens (including phenoxy) is 1. The lowest BCUT2D eigenvalue weighted by Gasteiger charge is -2.07. The average molecular weight is 292 g/mol. The van der Waals surface area contributed by atoms with Gasteiger partial charge in [0.2, 0.25) is 0 Å². The van der Waals surface area contributed by atoms with Gasteiger partial charge in [-0.3, -0.25) is 0 Å². The second-order valence-electron chi connectivity index (χ2n) is 4.05. The summed E-state index contributed by atoms with van der Waals surface area (Å²) in [5.41, 5.74) is 1.89. The SMILES string of the molecule is N#CCc1ccc(OCc2cc(Cl)cc(Cl)c2)cc1. The van der Waals surface area contributed by atoms with Crippen LogP contribution in [-0.4, -0.2) is 0 Å². The predicted octanol–water partition coefficient (Wildman–Crippen LogP) is 4.64. The van der Waals surface area contributed by atoms with Gasteiger partial charge in [0.05, 0.1) is 12.5 Å². The molecule has 0 saturated heterocycles. The Balaban J connectivity index is 2.00. The fourth-order valence-corrected chi connectivity index (χ4v) is 2.23. The van der Waals surface area contributed by atoms with Gasteiger partial charge in [-0.15, -0.1) is 0 Å². The minimum Gasteiger partial charge on any atom is -0.489 e. The average Bonchev–Trinajstić information content (AvgIpc) is 2.37. The van der Waals surface area contributed by atoms with Crippen LogP contribution in [0, 0.1) is 11.3 Å². The van der Waals surface area contributed by atoms with Crippen LogP contribution in [0.2, 0.25) is 10.0 Å². The zero-order chi connectivity index (χ0) is 13.7. The molecule has 0 fully saturated rings. The Kier molecular flexibility index (Phi) is 4.68. The third-order valence-electron chi connectivity index (χ3n) is 2.53. The van der Waals surface area contributed by atoms with Gasteiger partial charge in [-0.05, 0) is 41.5 Å². The van der Waals surface area contributed by atoms with Gasteiger partial charge >= 0.3 is 0 Å². The van der Waals surface area contributed by atoms with Crippen LogP contribution in [-0.2, 0) is 13.0 Å². The smallest absolute Gasteiger partial charge is 0.119 e. The Morgan fingerprint density at radius 3 is 2.16 bits per heavy atom. The minimum atomic E-state index is 0.401. The minimum absolute atomic E-state index is 0.401. The van der Waals surface area contributed by atoms with Crippen molar-refractivity contribution < 1.29 is 4.74 Å². The van der Waals surface area contributed by atoms with Gasteiger partial charge < -0.3 is 4.74 Å². The van der Waals surface area contributed by atoms with Crippen molar-refractivity contribution in [1.29, 1.82) is 5.26 Å². The molecule has 0 heterocycles. The van der Waals surface area contributed by atoms with Gasteiger partial charge in [0, 0.05) is 10.0 Å². The number of nitrogens with zero attached hydrogens (tertiary/aromatic N) is 1. The molecular weight excluding hydrogens is 281 g/mol. The highest BCUT2D eigenvalue weighted by Gasteiger charge is 2.00. The van der Waals surface area contributed by atoms with E-state index in [1.54, 1.807) is 6.07 Å². The Labute approximate surface area is 122 Å². The van der Waals surface area contributed by atoms with Crippen molar-refractivity contribution in [3.8, 4) is 11.8 Å². The molecule has 2 rings (SSSR count). The zero-order valence-electron chi connectivity index (χ0n) is 10.1. The Morgan fingerprint density at radius 2 is 1.58 bits per heavy atom. The van der Waals surface area contributed by atoms with Crippen LogP contribution < -0.4 is 4.74 Å². The second-order valence-corrected chi connectivity index (χ2v) is 4.92. The number of nitriles is 1. The molecule has 0 aliphatic carbocycles. The first kappa shape index (κ1) is 13.7. The molecule has 0 bridgehead atoms. The summed E-state index contributed by atoms with van der Waals surface area (Å²) in [6.45, 7) is 0.401. The van der Waals surface area contributed by atoms with E-state index in [0.29, 0.717) is 23.1 Å². The third-order valence-corrected chi connectivity index (χ3v) is 2.97. The van der Waals surface area contributed by atoms with E-state index in [9.17, 15) is 0 Å². The maximum Gasteiger partial charge on any atom is 0.119 e. The first-order valence-corrected chi connectivity index (χ1v) is 6.46. The fraction of sp³-hybridized carbons (Fsp3) is 0.133. The monoisotopic (exact) mass is 291 g/mol. The molecule has 0 N–H and O–H groups in total. The standard InChI is InChI=1S/C15H11Cl2NO/c16-13-7-12(8-14(17)9-13)10-19-15-3-1-11(2-4-15)5-6-18/h1-4,7-9H,5,10H2. The van der Waals surface area contributed by atoms with E-state index < -0.39 is 0 Å². The molecule has 0 aromatic heterocycles. The normalized spacial score (nSPS) is 9.95. The van der Waals surface area contributed by atoms with Crippen LogP contribution in [0.15, 0.2) is 42.5 Å². The van der Waals surface area contributed by atoms with Crippen LogP contribution in [0.4, 0.5) is 0 Å². The summed E-state index contributed by atoms with van der Waals surface area (Å²) in [7, 11) is 0. The quantitative estimate of drug-likeness (QED) is 0.822. The van der Waals surface area contributed by atoms with Crippen LogP contribution in [0.5, 0.6) is 5.75 Å². The highest BCUT2D eigenvalue weighted by Crippen LogP contribution is 2.21. The first-order chi connectivity index (χ1) is 9.17. The molecule has 96 valence electrons.